The van der Waals surface area contributed by atoms with E-state index in [2.05, 4.69) is 13.0 Å². The molecule has 0 bridgehead atoms. The van der Waals surface area contributed by atoms with Gasteiger partial charge in [0.25, 0.3) is 0 Å². The number of thioether (sulfide) groups is 1. The summed E-state index contributed by atoms with van der Waals surface area (Å²) in [4.78, 5) is 14.3. The number of anilines is 1. The largest absolute Gasteiger partial charge is 0.295 e. The van der Waals surface area contributed by atoms with Crippen molar-refractivity contribution in [3.8, 4) is 0 Å². The second-order valence-corrected chi connectivity index (χ2v) is 6.47. The van der Waals surface area contributed by atoms with Crippen LogP contribution in [0, 0.1) is 0 Å². The molecule has 1 aliphatic heterocycles. The van der Waals surface area contributed by atoms with Crippen LogP contribution in [0.3, 0.4) is 0 Å². The van der Waals surface area contributed by atoms with Crippen molar-refractivity contribution in [2.45, 2.75) is 18.7 Å². The summed E-state index contributed by atoms with van der Waals surface area (Å²) in [5, 5.41) is 0.746. The van der Waals surface area contributed by atoms with Crippen molar-refractivity contribution in [2.24, 2.45) is 0 Å². The normalized spacial score (nSPS) is 18.3. The number of hydrogen-bond acceptors (Lipinski definition) is 2. The zero-order valence-corrected chi connectivity index (χ0v) is 13.3. The smallest absolute Gasteiger partial charge is 0.238 e. The lowest BCUT2D eigenvalue weighted by molar-refractivity contribution is -0.115. The third-order valence-electron chi connectivity index (χ3n) is 3.66. The lowest BCUT2D eigenvalue weighted by atomic mass is 10.1. The minimum atomic E-state index is 0.0301. The molecule has 1 heterocycles. The Labute approximate surface area is 134 Å². The number of carbonyl (C=O) groups excluding carboxylic acids is 1. The van der Waals surface area contributed by atoms with Gasteiger partial charge in [-0.15, -0.1) is 11.8 Å². The van der Waals surface area contributed by atoms with Crippen molar-refractivity contribution in [2.75, 3.05) is 10.7 Å². The van der Waals surface area contributed by atoms with Crippen LogP contribution in [-0.4, -0.2) is 11.7 Å². The van der Waals surface area contributed by atoms with E-state index in [4.69, 9.17) is 11.6 Å². The Hall–Kier alpha value is -1.45. The van der Waals surface area contributed by atoms with Crippen molar-refractivity contribution < 1.29 is 4.79 Å². The maximum atomic E-state index is 12.4. The average molecular weight is 318 g/mol. The lowest BCUT2D eigenvalue weighted by Crippen LogP contribution is -2.28. The number of aryl methyl sites for hydroxylation is 1. The van der Waals surface area contributed by atoms with E-state index in [9.17, 15) is 4.79 Å². The van der Waals surface area contributed by atoms with Gasteiger partial charge in [0.05, 0.1) is 5.75 Å². The van der Waals surface area contributed by atoms with Crippen molar-refractivity contribution in [3.05, 3.63) is 64.7 Å². The monoisotopic (exact) mass is 317 g/mol. The van der Waals surface area contributed by atoms with Gasteiger partial charge in [-0.05, 0) is 35.7 Å². The highest BCUT2D eigenvalue weighted by Crippen LogP contribution is 2.43. The molecule has 1 saturated heterocycles. The molecule has 0 aliphatic carbocycles. The third-order valence-corrected chi connectivity index (χ3v) is 5.12. The highest BCUT2D eigenvalue weighted by molar-refractivity contribution is 8.00. The second kappa shape index (κ2) is 6.12. The maximum Gasteiger partial charge on any atom is 0.238 e. The third kappa shape index (κ3) is 2.81. The molecule has 1 amide bonds. The number of hydrogen-bond donors (Lipinski definition) is 0. The fraction of sp³-hybridized carbons (Fsp3) is 0.235. The minimum Gasteiger partial charge on any atom is -0.295 e. The summed E-state index contributed by atoms with van der Waals surface area (Å²) in [5.41, 5.74) is 3.34. The van der Waals surface area contributed by atoms with Crippen LogP contribution in [0.15, 0.2) is 48.5 Å². The molecule has 0 aromatic heterocycles. The van der Waals surface area contributed by atoms with Crippen LogP contribution in [0.1, 0.15) is 23.4 Å². The highest BCUT2D eigenvalue weighted by atomic mass is 35.5. The molecule has 2 nitrogen and oxygen atoms in total. The van der Waals surface area contributed by atoms with E-state index >= 15 is 0 Å². The standard InChI is InChI=1S/C17H16ClNOS/c1-2-12-5-3-4-6-15(12)19-16(20)11-21-17(19)13-7-9-14(18)10-8-13/h3-10,17H,2,11H2,1H3/t17-/m0/s1. The van der Waals surface area contributed by atoms with Gasteiger partial charge in [0.1, 0.15) is 5.37 Å². The zero-order chi connectivity index (χ0) is 14.8. The number of halogens is 1. The summed E-state index contributed by atoms with van der Waals surface area (Å²) in [6, 6.07) is 15.9. The first-order valence-electron chi connectivity index (χ1n) is 6.97. The van der Waals surface area contributed by atoms with Crippen molar-refractivity contribution in [1.82, 2.24) is 0 Å². The highest BCUT2D eigenvalue weighted by Gasteiger charge is 2.34. The molecule has 1 aliphatic rings. The Bertz CT molecular complexity index is 656. The summed E-state index contributed by atoms with van der Waals surface area (Å²) in [7, 11) is 0. The van der Waals surface area contributed by atoms with Gasteiger partial charge < -0.3 is 0 Å². The Kier molecular flexibility index (Phi) is 4.22. The molecule has 0 N–H and O–H groups in total. The summed E-state index contributed by atoms with van der Waals surface area (Å²) < 4.78 is 0. The van der Waals surface area contributed by atoms with E-state index in [0.717, 1.165) is 17.7 Å². The van der Waals surface area contributed by atoms with Crippen LogP contribution in [0.5, 0.6) is 0 Å². The number of rotatable bonds is 3. The van der Waals surface area contributed by atoms with Crippen molar-refractivity contribution in [3.63, 3.8) is 0 Å². The molecule has 0 unspecified atom stereocenters. The first-order chi connectivity index (χ1) is 10.2. The molecule has 21 heavy (non-hydrogen) atoms. The first-order valence-corrected chi connectivity index (χ1v) is 8.40. The van der Waals surface area contributed by atoms with Gasteiger partial charge in [0.15, 0.2) is 0 Å². The maximum absolute atomic E-state index is 12.4. The van der Waals surface area contributed by atoms with E-state index in [1.165, 1.54) is 5.56 Å². The number of carbonyl (C=O) groups is 1. The van der Waals surface area contributed by atoms with Gasteiger partial charge in [-0.1, -0.05) is 48.9 Å². The molecule has 1 fully saturated rings. The molecule has 108 valence electrons. The van der Waals surface area contributed by atoms with Gasteiger partial charge in [0, 0.05) is 10.7 Å². The Morgan fingerprint density at radius 1 is 1.19 bits per heavy atom. The van der Waals surface area contributed by atoms with E-state index in [1.54, 1.807) is 11.8 Å². The van der Waals surface area contributed by atoms with E-state index in [1.807, 2.05) is 47.4 Å². The van der Waals surface area contributed by atoms with Gasteiger partial charge >= 0.3 is 0 Å². The fourth-order valence-corrected chi connectivity index (χ4v) is 3.90. The predicted molar refractivity (Wildman–Crippen MR) is 90.0 cm³/mol. The van der Waals surface area contributed by atoms with E-state index in [-0.39, 0.29) is 11.3 Å². The molecule has 0 radical (unpaired) electrons. The van der Waals surface area contributed by atoms with Gasteiger partial charge in [-0.3, -0.25) is 9.69 Å². The Morgan fingerprint density at radius 3 is 2.62 bits per heavy atom. The number of benzene rings is 2. The quantitative estimate of drug-likeness (QED) is 0.819. The molecular formula is C17H16ClNOS. The van der Waals surface area contributed by atoms with Crippen LogP contribution in [0.2, 0.25) is 5.02 Å². The second-order valence-electron chi connectivity index (χ2n) is 4.96. The lowest BCUT2D eigenvalue weighted by Gasteiger charge is -2.26. The molecule has 3 rings (SSSR count). The summed E-state index contributed by atoms with van der Waals surface area (Å²) in [6.07, 6.45) is 0.915. The Morgan fingerprint density at radius 2 is 1.90 bits per heavy atom. The van der Waals surface area contributed by atoms with Crippen LogP contribution in [0.4, 0.5) is 5.69 Å². The van der Waals surface area contributed by atoms with Crippen molar-refractivity contribution in [1.29, 1.82) is 0 Å². The first kappa shape index (κ1) is 14.5. The van der Waals surface area contributed by atoms with Gasteiger partial charge in [-0.25, -0.2) is 0 Å². The minimum absolute atomic E-state index is 0.0301. The average Bonchev–Trinajstić information content (AvgIpc) is 2.89. The predicted octanol–water partition coefficient (Wildman–Crippen LogP) is 4.68. The van der Waals surface area contributed by atoms with E-state index in [0.29, 0.717) is 10.8 Å². The molecule has 2 aromatic carbocycles. The molecule has 0 spiro atoms. The zero-order valence-electron chi connectivity index (χ0n) is 11.8. The van der Waals surface area contributed by atoms with Crippen molar-refractivity contribution >= 4 is 35.0 Å². The summed E-state index contributed by atoms with van der Waals surface area (Å²) in [6.45, 7) is 2.11. The number of nitrogens with zero attached hydrogens (tertiary/aromatic N) is 1. The molecular weight excluding hydrogens is 302 g/mol. The van der Waals surface area contributed by atoms with Crippen LogP contribution < -0.4 is 4.90 Å². The van der Waals surface area contributed by atoms with E-state index < -0.39 is 0 Å². The summed E-state index contributed by atoms with van der Waals surface area (Å²) >= 11 is 7.63. The topological polar surface area (TPSA) is 20.3 Å². The van der Waals surface area contributed by atoms with Gasteiger partial charge in [-0.2, -0.15) is 0 Å². The number of para-hydroxylation sites is 1. The molecule has 4 heteroatoms. The van der Waals surface area contributed by atoms with Gasteiger partial charge in [0.2, 0.25) is 5.91 Å². The SMILES string of the molecule is CCc1ccccc1N1C(=O)CS[C@H]1c1ccc(Cl)cc1. The molecule has 2 aromatic rings. The summed E-state index contributed by atoms with van der Waals surface area (Å²) in [5.74, 6) is 0.687. The van der Waals surface area contributed by atoms with Crippen LogP contribution >= 0.6 is 23.4 Å². The fourth-order valence-electron chi connectivity index (χ4n) is 2.60. The molecule has 1 atom stereocenters. The molecule has 0 saturated carbocycles. The van der Waals surface area contributed by atoms with Crippen LogP contribution in [-0.2, 0) is 11.2 Å². The Balaban J connectivity index is 2.01. The van der Waals surface area contributed by atoms with Crippen LogP contribution in [0.25, 0.3) is 0 Å². The number of amides is 1.